The lowest BCUT2D eigenvalue weighted by atomic mass is 9.98. The molecular weight excluding hydrogens is 707 g/mol. The van der Waals surface area contributed by atoms with Crippen LogP contribution in [0.4, 0.5) is 17.6 Å². The first kappa shape index (κ1) is 33.2. The molecule has 266 valence electrons. The summed E-state index contributed by atoms with van der Waals surface area (Å²) in [5, 5.41) is 14.8. The van der Waals surface area contributed by atoms with Gasteiger partial charge in [0.2, 0.25) is 0 Å². The third-order valence-corrected chi connectivity index (χ3v) is 10.7. The molecule has 0 atom stereocenters. The van der Waals surface area contributed by atoms with Gasteiger partial charge in [0.05, 0.1) is 33.4 Å². The van der Waals surface area contributed by atoms with E-state index in [-0.39, 0.29) is 11.1 Å². The lowest BCUT2D eigenvalue weighted by molar-refractivity contribution is 0.411. The predicted octanol–water partition coefficient (Wildman–Crippen LogP) is 13.3. The van der Waals surface area contributed by atoms with E-state index in [4.69, 9.17) is 0 Å². The Labute approximate surface area is 318 Å². The molecule has 7 heteroatoms. The van der Waals surface area contributed by atoms with E-state index in [0.717, 1.165) is 65.9 Å². The molecule has 0 unspecified atom stereocenters. The molecule has 3 nitrogen and oxygen atoms in total. The second-order valence-corrected chi connectivity index (χ2v) is 13.8. The Balaban J connectivity index is 1.33. The Morgan fingerprint density at radius 1 is 0.375 bits per heavy atom. The molecule has 0 N–H and O–H groups in total. The first-order valence-corrected chi connectivity index (χ1v) is 18.0. The van der Waals surface area contributed by atoms with Gasteiger partial charge in [-0.1, -0.05) is 109 Å². The lowest BCUT2D eigenvalue weighted by Crippen LogP contribution is -2.06. The van der Waals surface area contributed by atoms with Crippen LogP contribution in [0.25, 0.3) is 88.4 Å². The molecule has 0 amide bonds. The van der Waals surface area contributed by atoms with Crippen molar-refractivity contribution in [3.63, 3.8) is 0 Å². The van der Waals surface area contributed by atoms with Gasteiger partial charge in [-0.15, -0.1) is 0 Å². The second-order valence-electron chi connectivity index (χ2n) is 13.8. The number of nitrogens with zero attached hydrogens (tertiary/aromatic N) is 3. The van der Waals surface area contributed by atoms with Gasteiger partial charge in [-0.25, -0.2) is 17.6 Å². The van der Waals surface area contributed by atoms with Crippen molar-refractivity contribution in [1.82, 2.24) is 9.13 Å². The maximum absolute atomic E-state index is 15.8. The zero-order chi connectivity index (χ0) is 38.1. The van der Waals surface area contributed by atoms with Crippen LogP contribution in [0.2, 0.25) is 0 Å². The summed E-state index contributed by atoms with van der Waals surface area (Å²) in [5.41, 5.74) is 7.64. The van der Waals surface area contributed by atoms with Crippen molar-refractivity contribution in [1.29, 1.82) is 5.26 Å². The van der Waals surface area contributed by atoms with Crippen LogP contribution in [0.15, 0.2) is 164 Å². The third-order valence-electron chi connectivity index (χ3n) is 10.7. The van der Waals surface area contributed by atoms with E-state index in [1.807, 2.05) is 143 Å². The molecular formula is C49H27F4N3. The number of para-hydroxylation sites is 2. The van der Waals surface area contributed by atoms with E-state index in [1.54, 1.807) is 12.1 Å². The highest BCUT2D eigenvalue weighted by atomic mass is 19.2. The average Bonchev–Trinajstić information content (AvgIpc) is 3.76. The van der Waals surface area contributed by atoms with E-state index < -0.39 is 28.8 Å². The maximum Gasteiger partial charge on any atom is 0.198 e. The standard InChI is InChI=1S/C49H27F4N3/c50-40-27-36(47(51)49(53)48(40)52)33-25-45(55-41-17-9-7-15-34(41)37-23-31(19-21-43(37)55)29-11-3-1-4-12-29)39(28-54)46(26-33)56-42-18-10-8-16-35(42)38-24-32(20-22-44(38)56)30-13-5-2-6-14-30/h1-27H. The average molecular weight is 734 g/mol. The van der Waals surface area contributed by atoms with Gasteiger partial charge in [0, 0.05) is 27.1 Å². The van der Waals surface area contributed by atoms with Crippen molar-refractivity contribution in [3.05, 3.63) is 193 Å². The molecule has 10 aromatic rings. The highest BCUT2D eigenvalue weighted by Gasteiger charge is 2.26. The summed E-state index contributed by atoms with van der Waals surface area (Å²) >= 11 is 0. The molecule has 2 heterocycles. The first-order valence-electron chi connectivity index (χ1n) is 18.0. The smallest absolute Gasteiger partial charge is 0.198 e. The summed E-state index contributed by atoms with van der Waals surface area (Å²) in [7, 11) is 0. The van der Waals surface area contributed by atoms with Crippen LogP contribution in [-0.4, -0.2) is 9.13 Å². The number of fused-ring (bicyclic) bond motifs is 6. The molecule has 56 heavy (non-hydrogen) atoms. The minimum atomic E-state index is -1.91. The van der Waals surface area contributed by atoms with Crippen molar-refractivity contribution < 1.29 is 17.6 Å². The quantitative estimate of drug-likeness (QED) is 0.0985. The summed E-state index contributed by atoms with van der Waals surface area (Å²) in [6, 6.07) is 53.9. The molecule has 0 fully saturated rings. The molecule has 8 aromatic carbocycles. The Kier molecular flexibility index (Phi) is 7.62. The predicted molar refractivity (Wildman–Crippen MR) is 216 cm³/mol. The molecule has 10 rings (SSSR count). The van der Waals surface area contributed by atoms with Crippen LogP contribution in [-0.2, 0) is 0 Å². The number of hydrogen-bond donors (Lipinski definition) is 0. The van der Waals surface area contributed by atoms with Crippen molar-refractivity contribution in [2.45, 2.75) is 0 Å². The molecule has 0 aliphatic carbocycles. The summed E-state index contributed by atoms with van der Waals surface area (Å²) in [4.78, 5) is 0. The third kappa shape index (κ3) is 5.04. The maximum atomic E-state index is 15.8. The SMILES string of the molecule is N#Cc1c(-n2c3ccccc3c3cc(-c4ccccc4)ccc32)cc(-c2cc(F)c(F)c(F)c2F)cc1-n1c2ccccc2c2cc(-c3ccccc3)ccc21. The van der Waals surface area contributed by atoms with Gasteiger partial charge >= 0.3 is 0 Å². The normalized spacial score (nSPS) is 11.6. The van der Waals surface area contributed by atoms with Crippen molar-refractivity contribution in [3.8, 4) is 50.8 Å². The molecule has 0 aliphatic heterocycles. The van der Waals surface area contributed by atoms with E-state index in [9.17, 15) is 18.4 Å². The van der Waals surface area contributed by atoms with E-state index in [1.165, 1.54) is 0 Å². The van der Waals surface area contributed by atoms with Crippen LogP contribution >= 0.6 is 0 Å². The van der Waals surface area contributed by atoms with Gasteiger partial charge in [-0.05, 0) is 82.4 Å². The molecule has 0 radical (unpaired) electrons. The zero-order valence-corrected chi connectivity index (χ0v) is 29.4. The fraction of sp³-hybridized carbons (Fsp3) is 0. The Hall–Kier alpha value is -7.43. The van der Waals surface area contributed by atoms with E-state index >= 15 is 4.39 Å². The number of hydrogen-bond acceptors (Lipinski definition) is 1. The van der Waals surface area contributed by atoms with Crippen LogP contribution in [0.5, 0.6) is 0 Å². The van der Waals surface area contributed by atoms with E-state index in [2.05, 4.69) is 18.2 Å². The molecule has 0 saturated carbocycles. The lowest BCUT2D eigenvalue weighted by Gasteiger charge is -2.19. The second kappa shape index (κ2) is 12.9. The molecule has 2 aromatic heterocycles. The number of rotatable bonds is 5. The minimum Gasteiger partial charge on any atom is -0.308 e. The number of benzene rings is 8. The van der Waals surface area contributed by atoms with Gasteiger partial charge < -0.3 is 9.13 Å². The largest absolute Gasteiger partial charge is 0.308 e. The molecule has 0 spiro atoms. The molecule has 0 aliphatic rings. The van der Waals surface area contributed by atoms with Crippen LogP contribution in [0.3, 0.4) is 0 Å². The van der Waals surface area contributed by atoms with E-state index in [0.29, 0.717) is 17.4 Å². The fourth-order valence-corrected chi connectivity index (χ4v) is 8.10. The highest BCUT2D eigenvalue weighted by molar-refractivity contribution is 6.12. The van der Waals surface area contributed by atoms with Gasteiger partial charge in [-0.3, -0.25) is 0 Å². The highest BCUT2D eigenvalue weighted by Crippen LogP contribution is 2.42. The Morgan fingerprint density at radius 2 is 0.821 bits per heavy atom. The van der Waals surface area contributed by atoms with Gasteiger partial charge in [0.25, 0.3) is 0 Å². The zero-order valence-electron chi connectivity index (χ0n) is 29.4. The molecule has 0 bridgehead atoms. The van der Waals surface area contributed by atoms with Gasteiger partial charge in [0.1, 0.15) is 11.6 Å². The summed E-state index contributed by atoms with van der Waals surface area (Å²) < 4.78 is 64.0. The minimum absolute atomic E-state index is 0.0583. The first-order chi connectivity index (χ1) is 27.4. The Bertz CT molecular complexity index is 3070. The number of aromatic nitrogens is 2. The fourth-order valence-electron chi connectivity index (χ4n) is 8.10. The summed E-state index contributed by atoms with van der Waals surface area (Å²) in [6.45, 7) is 0. The monoisotopic (exact) mass is 733 g/mol. The summed E-state index contributed by atoms with van der Waals surface area (Å²) in [6.07, 6.45) is 0. The summed E-state index contributed by atoms with van der Waals surface area (Å²) in [5.74, 6) is -6.87. The van der Waals surface area contributed by atoms with Crippen molar-refractivity contribution in [2.24, 2.45) is 0 Å². The van der Waals surface area contributed by atoms with Crippen LogP contribution < -0.4 is 0 Å². The van der Waals surface area contributed by atoms with Crippen LogP contribution in [0, 0.1) is 34.6 Å². The van der Waals surface area contributed by atoms with Crippen molar-refractivity contribution >= 4 is 43.6 Å². The van der Waals surface area contributed by atoms with Gasteiger partial charge in [0.15, 0.2) is 23.3 Å². The number of halogens is 4. The van der Waals surface area contributed by atoms with Crippen molar-refractivity contribution in [2.75, 3.05) is 0 Å². The Morgan fingerprint density at radius 3 is 1.30 bits per heavy atom. The molecule has 0 saturated heterocycles. The van der Waals surface area contributed by atoms with Crippen LogP contribution in [0.1, 0.15) is 5.56 Å². The topological polar surface area (TPSA) is 33.6 Å². The number of nitriles is 1. The van der Waals surface area contributed by atoms with Gasteiger partial charge in [-0.2, -0.15) is 5.26 Å².